The summed E-state index contributed by atoms with van der Waals surface area (Å²) < 4.78 is 5.00. The summed E-state index contributed by atoms with van der Waals surface area (Å²) in [7, 11) is 0. The monoisotopic (exact) mass is 202 g/mol. The van der Waals surface area contributed by atoms with Crippen molar-refractivity contribution in [2.45, 2.75) is 52.2 Å². The van der Waals surface area contributed by atoms with Crippen LogP contribution in [-0.4, -0.2) is 24.3 Å². The highest BCUT2D eigenvalue weighted by atomic mass is 16.6. The molecule has 1 amide bonds. The summed E-state index contributed by atoms with van der Waals surface area (Å²) in [6.07, 6.45) is 1.15. The van der Waals surface area contributed by atoms with E-state index in [0.717, 1.165) is 12.8 Å². The van der Waals surface area contributed by atoms with Crippen LogP contribution in [0.1, 0.15) is 40.5 Å². The van der Waals surface area contributed by atoms with Gasteiger partial charge >= 0.3 is 6.09 Å². The maximum atomic E-state index is 11.3. The Kier molecular flexibility index (Phi) is 5.53. The van der Waals surface area contributed by atoms with Crippen LogP contribution >= 0.6 is 0 Å². The van der Waals surface area contributed by atoms with Gasteiger partial charge in [-0.1, -0.05) is 6.92 Å². The van der Waals surface area contributed by atoms with Gasteiger partial charge in [0, 0.05) is 5.54 Å². The lowest BCUT2D eigenvalue weighted by Crippen LogP contribution is -2.47. The Morgan fingerprint density at radius 3 is 2.50 bits per heavy atom. The number of ether oxygens (including phenoxy) is 1. The molecule has 0 heterocycles. The molecule has 4 nitrogen and oxygen atoms in total. The lowest BCUT2D eigenvalue weighted by molar-refractivity contribution is 0.104. The molecular weight excluding hydrogens is 180 g/mol. The third-order valence-electron chi connectivity index (χ3n) is 2.22. The van der Waals surface area contributed by atoms with Gasteiger partial charge in [0.15, 0.2) is 0 Å². The number of hydrogen-bond donors (Lipinski definition) is 2. The average molecular weight is 202 g/mol. The molecule has 0 aromatic carbocycles. The minimum Gasteiger partial charge on any atom is -0.447 e. The molecule has 0 aliphatic rings. The normalized spacial score (nSPS) is 15.0. The van der Waals surface area contributed by atoms with Gasteiger partial charge in [0.1, 0.15) is 0 Å². The first-order chi connectivity index (χ1) is 6.43. The first-order valence-electron chi connectivity index (χ1n) is 5.12. The first-order valence-corrected chi connectivity index (χ1v) is 5.12. The highest BCUT2D eigenvalue weighted by Crippen LogP contribution is 2.13. The van der Waals surface area contributed by atoms with Crippen molar-refractivity contribution in [1.82, 2.24) is 5.32 Å². The molecule has 3 N–H and O–H groups in total. The molecule has 0 spiro atoms. The van der Waals surface area contributed by atoms with Crippen LogP contribution < -0.4 is 11.1 Å². The molecule has 84 valence electrons. The Balaban J connectivity index is 4.10. The Labute approximate surface area is 86.2 Å². The van der Waals surface area contributed by atoms with Crippen molar-refractivity contribution in [3.8, 4) is 0 Å². The fourth-order valence-electron chi connectivity index (χ4n) is 1.14. The molecule has 4 heteroatoms. The largest absolute Gasteiger partial charge is 0.447 e. The predicted molar refractivity (Wildman–Crippen MR) is 57.1 cm³/mol. The van der Waals surface area contributed by atoms with E-state index in [-0.39, 0.29) is 17.7 Å². The van der Waals surface area contributed by atoms with Crippen LogP contribution in [0.25, 0.3) is 0 Å². The second-order valence-electron chi connectivity index (χ2n) is 4.03. The molecule has 0 bridgehead atoms. The molecule has 0 fully saturated rings. The molecule has 0 saturated carbocycles. The van der Waals surface area contributed by atoms with Gasteiger partial charge in [-0.2, -0.15) is 0 Å². The highest BCUT2D eigenvalue weighted by Gasteiger charge is 2.24. The van der Waals surface area contributed by atoms with E-state index in [0.29, 0.717) is 6.54 Å². The van der Waals surface area contributed by atoms with E-state index in [1.165, 1.54) is 0 Å². The van der Waals surface area contributed by atoms with E-state index in [9.17, 15) is 4.79 Å². The minimum atomic E-state index is -0.363. The van der Waals surface area contributed by atoms with Gasteiger partial charge < -0.3 is 15.8 Å². The van der Waals surface area contributed by atoms with Gasteiger partial charge in [0.25, 0.3) is 0 Å². The Morgan fingerprint density at radius 1 is 1.57 bits per heavy atom. The summed E-state index contributed by atoms with van der Waals surface area (Å²) in [5, 5.41) is 2.83. The molecule has 0 aliphatic heterocycles. The van der Waals surface area contributed by atoms with Gasteiger partial charge in [-0.3, -0.25) is 0 Å². The van der Waals surface area contributed by atoms with Crippen molar-refractivity contribution in [3.63, 3.8) is 0 Å². The number of amides is 1. The van der Waals surface area contributed by atoms with E-state index >= 15 is 0 Å². The molecule has 0 aromatic rings. The van der Waals surface area contributed by atoms with Crippen LogP contribution in [-0.2, 0) is 4.74 Å². The average Bonchev–Trinajstić information content (AvgIpc) is 2.02. The van der Waals surface area contributed by atoms with Crippen LogP contribution in [0, 0.1) is 0 Å². The Hall–Kier alpha value is -0.770. The lowest BCUT2D eigenvalue weighted by atomic mass is 9.95. The molecule has 1 atom stereocenters. The van der Waals surface area contributed by atoms with Gasteiger partial charge in [-0.15, -0.1) is 0 Å². The third-order valence-corrected chi connectivity index (χ3v) is 2.22. The van der Waals surface area contributed by atoms with Gasteiger partial charge in [-0.05, 0) is 40.2 Å². The first kappa shape index (κ1) is 13.2. The van der Waals surface area contributed by atoms with Gasteiger partial charge in [-0.25, -0.2) is 4.79 Å². The zero-order valence-corrected chi connectivity index (χ0v) is 9.59. The maximum absolute atomic E-state index is 11.3. The van der Waals surface area contributed by atoms with E-state index in [2.05, 4.69) is 5.32 Å². The zero-order chi connectivity index (χ0) is 11.2. The topological polar surface area (TPSA) is 64.3 Å². The SMILES string of the molecule is CCC(C)(CCN)NC(=O)OC(C)C. The van der Waals surface area contributed by atoms with Crippen molar-refractivity contribution < 1.29 is 9.53 Å². The van der Waals surface area contributed by atoms with Crippen LogP contribution in [0.15, 0.2) is 0 Å². The van der Waals surface area contributed by atoms with Crippen molar-refractivity contribution in [2.75, 3.05) is 6.54 Å². The van der Waals surface area contributed by atoms with E-state index < -0.39 is 0 Å². The third kappa shape index (κ3) is 5.07. The number of hydrogen-bond acceptors (Lipinski definition) is 3. The standard InChI is InChI=1S/C10H22N2O2/c1-5-10(4,6-7-11)12-9(13)14-8(2)3/h8H,5-7,11H2,1-4H3,(H,12,13). The highest BCUT2D eigenvalue weighted by molar-refractivity contribution is 5.68. The quantitative estimate of drug-likeness (QED) is 0.712. The number of alkyl carbamates (subject to hydrolysis) is 1. The second kappa shape index (κ2) is 5.86. The number of rotatable bonds is 5. The maximum Gasteiger partial charge on any atom is 0.407 e. The van der Waals surface area contributed by atoms with Crippen LogP contribution in [0.2, 0.25) is 0 Å². The molecule has 1 unspecified atom stereocenters. The molecule has 0 saturated heterocycles. The van der Waals surface area contributed by atoms with E-state index in [1.807, 2.05) is 27.7 Å². The van der Waals surface area contributed by atoms with Crippen LogP contribution in [0.5, 0.6) is 0 Å². The minimum absolute atomic E-state index is 0.0889. The Bertz CT molecular complexity index is 183. The summed E-state index contributed by atoms with van der Waals surface area (Å²) in [5.41, 5.74) is 5.23. The summed E-state index contributed by atoms with van der Waals surface area (Å²) >= 11 is 0. The number of carbonyl (C=O) groups is 1. The fourth-order valence-corrected chi connectivity index (χ4v) is 1.14. The molecule has 0 rings (SSSR count). The van der Waals surface area contributed by atoms with Crippen molar-refractivity contribution in [1.29, 1.82) is 0 Å². The zero-order valence-electron chi connectivity index (χ0n) is 9.59. The van der Waals surface area contributed by atoms with Crippen LogP contribution in [0.3, 0.4) is 0 Å². The summed E-state index contributed by atoms with van der Waals surface area (Å²) in [5.74, 6) is 0. The number of carbonyl (C=O) groups excluding carboxylic acids is 1. The van der Waals surface area contributed by atoms with E-state index in [1.54, 1.807) is 0 Å². The summed E-state index contributed by atoms with van der Waals surface area (Å²) in [6, 6.07) is 0. The fraction of sp³-hybridized carbons (Fsp3) is 0.900. The van der Waals surface area contributed by atoms with Crippen molar-refractivity contribution in [3.05, 3.63) is 0 Å². The van der Waals surface area contributed by atoms with Crippen LogP contribution in [0.4, 0.5) is 4.79 Å². The molecule has 0 aliphatic carbocycles. The number of nitrogens with one attached hydrogen (secondary N) is 1. The predicted octanol–water partition coefficient (Wildman–Crippen LogP) is 1.64. The van der Waals surface area contributed by atoms with Crippen molar-refractivity contribution in [2.24, 2.45) is 5.73 Å². The van der Waals surface area contributed by atoms with Gasteiger partial charge in [0.2, 0.25) is 0 Å². The smallest absolute Gasteiger partial charge is 0.407 e. The molecule has 0 aromatic heterocycles. The lowest BCUT2D eigenvalue weighted by Gasteiger charge is -2.29. The van der Waals surface area contributed by atoms with E-state index in [4.69, 9.17) is 10.5 Å². The molecule has 14 heavy (non-hydrogen) atoms. The number of nitrogens with two attached hydrogens (primary N) is 1. The molecule has 0 radical (unpaired) electrons. The van der Waals surface area contributed by atoms with Crippen molar-refractivity contribution >= 4 is 6.09 Å². The Morgan fingerprint density at radius 2 is 2.14 bits per heavy atom. The summed E-state index contributed by atoms with van der Waals surface area (Å²) in [4.78, 5) is 11.3. The molecular formula is C10H22N2O2. The van der Waals surface area contributed by atoms with Gasteiger partial charge in [0.05, 0.1) is 6.10 Å². The second-order valence-corrected chi connectivity index (χ2v) is 4.03. The summed E-state index contributed by atoms with van der Waals surface area (Å²) in [6.45, 7) is 8.21.